The molecule has 1 atom stereocenters. The van der Waals surface area contributed by atoms with E-state index in [-0.39, 0.29) is 10.8 Å². The van der Waals surface area contributed by atoms with Crippen molar-refractivity contribution in [2.75, 3.05) is 35.5 Å². The molecule has 0 spiro atoms. The lowest BCUT2D eigenvalue weighted by Crippen LogP contribution is -2.28. The third kappa shape index (κ3) is 10.8. The fourth-order valence-electron chi connectivity index (χ4n) is 13.1. The summed E-state index contributed by atoms with van der Waals surface area (Å²) >= 11 is 0. The van der Waals surface area contributed by atoms with Gasteiger partial charge in [-0.3, -0.25) is 0 Å². The SMILES string of the molecule is C=Cc1ccc(OCCS(C)(C)CCCC2(c3ccccc3)c3ccccc3-c3ccc(N(c4ccccc4)c4ccc(-c5ccc6c(c5)c5cc(-c7ccc(C(C)(C)C)cc7)ccc5n6-c5ccc(-c6ccc(C=C)cc6)cc5)cc4)cc32)cc1. The Morgan fingerprint density at radius 3 is 1.56 bits per heavy atom. The third-order valence-electron chi connectivity index (χ3n) is 17.9. The highest BCUT2D eigenvalue weighted by atomic mass is 32.3. The zero-order valence-corrected chi connectivity index (χ0v) is 51.0. The predicted octanol–water partition coefficient (Wildman–Crippen LogP) is 22.1. The molecule has 0 saturated heterocycles. The fourth-order valence-corrected chi connectivity index (χ4v) is 14.8. The summed E-state index contributed by atoms with van der Waals surface area (Å²) in [6.07, 6.45) is 10.8. The lowest BCUT2D eigenvalue weighted by Gasteiger charge is -2.37. The number of nitrogens with zero attached hydrogens (tertiary/aromatic N) is 2. The molecule has 424 valence electrons. The van der Waals surface area contributed by atoms with Gasteiger partial charge in [0.05, 0.1) is 17.6 Å². The van der Waals surface area contributed by atoms with E-state index in [4.69, 9.17) is 4.74 Å². The van der Waals surface area contributed by atoms with Gasteiger partial charge in [0, 0.05) is 44.7 Å². The third-order valence-corrected chi connectivity index (χ3v) is 20.5. The van der Waals surface area contributed by atoms with Crippen LogP contribution in [0.15, 0.2) is 274 Å². The van der Waals surface area contributed by atoms with Crippen LogP contribution in [0.3, 0.4) is 0 Å². The van der Waals surface area contributed by atoms with Crippen molar-refractivity contribution in [2.24, 2.45) is 0 Å². The van der Waals surface area contributed by atoms with Crippen LogP contribution in [0, 0.1) is 0 Å². The van der Waals surface area contributed by atoms with E-state index in [1.165, 1.54) is 83.0 Å². The quantitative estimate of drug-likeness (QED) is 0.0852. The molecule has 13 rings (SSSR count). The monoisotopic (exact) mass is 1130 g/mol. The summed E-state index contributed by atoms with van der Waals surface area (Å²) in [4.78, 5) is 2.44. The van der Waals surface area contributed by atoms with Crippen LogP contribution in [0.1, 0.15) is 67.0 Å². The molecule has 4 heteroatoms. The lowest BCUT2D eigenvalue weighted by atomic mass is 9.69. The van der Waals surface area contributed by atoms with Crippen LogP contribution in [0.2, 0.25) is 0 Å². The van der Waals surface area contributed by atoms with E-state index in [1.54, 1.807) is 0 Å². The summed E-state index contributed by atoms with van der Waals surface area (Å²) in [5.41, 5.74) is 24.0. The molecule has 1 heterocycles. The minimum Gasteiger partial charge on any atom is -0.493 e. The van der Waals surface area contributed by atoms with Crippen LogP contribution < -0.4 is 9.64 Å². The Bertz CT molecular complexity index is 4400. The Morgan fingerprint density at radius 2 is 0.953 bits per heavy atom. The summed E-state index contributed by atoms with van der Waals surface area (Å²) in [7, 11) is -0.950. The standard InChI is InChI=1S/C82H74N2OS/c1-8-58-25-29-60(30-26-58)61-33-43-70(44-34-61)84-79-49-37-64(62-31-39-66(40-32-62)81(3,4)5)55-75(79)76-56-65(38-50-80(76)84)63-35-41-69(42-36-63)83(68-21-14-11-15-22-68)71-45-48-74-73-23-16-17-24-77(73)82(78(74)57-71,67-19-12-10-13-20-67)51-18-53-86(6,7)54-52-85-72-46-27-59(9-2)28-47-72/h8-17,19-50,55-57H,1-2,18,51-54H2,3-7H3. The summed E-state index contributed by atoms with van der Waals surface area (Å²) in [6.45, 7) is 15.4. The number of anilines is 3. The van der Waals surface area contributed by atoms with Crippen LogP contribution in [-0.2, 0) is 10.8 Å². The van der Waals surface area contributed by atoms with Gasteiger partial charge in [-0.1, -0.05) is 222 Å². The molecular formula is C82H74N2OS. The van der Waals surface area contributed by atoms with E-state index in [9.17, 15) is 0 Å². The fraction of sp³-hybridized carbons (Fsp3) is 0.146. The zero-order chi connectivity index (χ0) is 59.0. The van der Waals surface area contributed by atoms with Crippen molar-refractivity contribution in [2.45, 2.75) is 44.4 Å². The number of aromatic nitrogens is 1. The first-order chi connectivity index (χ1) is 41.9. The molecule has 0 saturated carbocycles. The van der Waals surface area contributed by atoms with Gasteiger partial charge >= 0.3 is 0 Å². The molecule has 0 fully saturated rings. The second kappa shape index (κ2) is 23.3. The van der Waals surface area contributed by atoms with Gasteiger partial charge in [-0.25, -0.2) is 10.0 Å². The molecule has 12 aromatic rings. The van der Waals surface area contributed by atoms with Gasteiger partial charge in [0.2, 0.25) is 0 Å². The predicted molar refractivity (Wildman–Crippen MR) is 373 cm³/mol. The van der Waals surface area contributed by atoms with Gasteiger partial charge in [0.25, 0.3) is 0 Å². The molecule has 1 aliphatic carbocycles. The second-order valence-electron chi connectivity index (χ2n) is 24.7. The van der Waals surface area contributed by atoms with Crippen molar-refractivity contribution in [1.29, 1.82) is 0 Å². The molecule has 3 nitrogen and oxygen atoms in total. The maximum atomic E-state index is 6.31. The van der Waals surface area contributed by atoms with E-state index in [2.05, 4.69) is 317 Å². The molecule has 0 bridgehead atoms. The molecule has 0 amide bonds. The minimum absolute atomic E-state index is 0.0794. The number of hydrogen-bond donors (Lipinski definition) is 0. The molecule has 1 aliphatic rings. The number of hydrogen-bond acceptors (Lipinski definition) is 2. The molecule has 1 unspecified atom stereocenters. The summed E-state index contributed by atoms with van der Waals surface area (Å²) in [6, 6.07) is 96.8. The van der Waals surface area contributed by atoms with Crippen LogP contribution in [0.5, 0.6) is 5.75 Å². The topological polar surface area (TPSA) is 17.4 Å². The van der Waals surface area contributed by atoms with Crippen molar-refractivity contribution < 1.29 is 4.74 Å². The van der Waals surface area contributed by atoms with Crippen LogP contribution >= 0.6 is 10.0 Å². The number of fused-ring (bicyclic) bond motifs is 6. The Labute approximate surface area is 510 Å². The van der Waals surface area contributed by atoms with E-state index in [1.807, 2.05) is 12.2 Å². The van der Waals surface area contributed by atoms with Gasteiger partial charge in [0.1, 0.15) is 5.75 Å². The van der Waals surface area contributed by atoms with Gasteiger partial charge in [0.15, 0.2) is 0 Å². The first kappa shape index (κ1) is 55.8. The van der Waals surface area contributed by atoms with Gasteiger partial charge in [-0.15, -0.1) is 0 Å². The average Bonchev–Trinajstić information content (AvgIpc) is 1.64. The van der Waals surface area contributed by atoms with Crippen LogP contribution in [0.25, 0.3) is 84.2 Å². The Morgan fingerprint density at radius 1 is 0.465 bits per heavy atom. The molecule has 0 N–H and O–H groups in total. The van der Waals surface area contributed by atoms with E-state index in [0.717, 1.165) is 69.5 Å². The smallest absolute Gasteiger partial charge is 0.119 e. The summed E-state index contributed by atoms with van der Waals surface area (Å²) < 4.78 is 8.74. The molecule has 0 aliphatic heterocycles. The zero-order valence-electron chi connectivity index (χ0n) is 50.1. The van der Waals surface area contributed by atoms with Crippen molar-refractivity contribution in [3.63, 3.8) is 0 Å². The van der Waals surface area contributed by atoms with Gasteiger partial charge in [-0.2, -0.15) is 0 Å². The lowest BCUT2D eigenvalue weighted by molar-refractivity contribution is 0.343. The maximum absolute atomic E-state index is 6.31. The number of para-hydroxylation sites is 1. The summed E-state index contributed by atoms with van der Waals surface area (Å²) in [5.74, 6) is 3.12. The van der Waals surface area contributed by atoms with Crippen molar-refractivity contribution >= 4 is 61.0 Å². The first-order valence-corrected chi connectivity index (χ1v) is 33.0. The van der Waals surface area contributed by atoms with Crippen molar-refractivity contribution in [1.82, 2.24) is 4.57 Å². The first-order valence-electron chi connectivity index (χ1n) is 30.2. The van der Waals surface area contributed by atoms with Crippen molar-refractivity contribution in [3.8, 4) is 55.9 Å². The Balaban J connectivity index is 0.854. The molecular weight excluding hydrogens is 1060 g/mol. The van der Waals surface area contributed by atoms with Crippen LogP contribution in [-0.4, -0.2) is 35.2 Å². The molecule has 86 heavy (non-hydrogen) atoms. The molecule has 1 aromatic heterocycles. The van der Waals surface area contributed by atoms with Crippen molar-refractivity contribution in [3.05, 3.63) is 307 Å². The highest BCUT2D eigenvalue weighted by Gasteiger charge is 2.44. The van der Waals surface area contributed by atoms with Gasteiger partial charge < -0.3 is 14.2 Å². The van der Waals surface area contributed by atoms with Crippen LogP contribution in [0.4, 0.5) is 17.1 Å². The highest BCUT2D eigenvalue weighted by molar-refractivity contribution is 8.32. The minimum atomic E-state index is -0.950. The number of rotatable bonds is 18. The molecule has 11 aromatic carbocycles. The summed E-state index contributed by atoms with van der Waals surface area (Å²) in [5, 5.41) is 2.44. The van der Waals surface area contributed by atoms with E-state index in [0.29, 0.717) is 6.61 Å². The largest absolute Gasteiger partial charge is 0.493 e. The Kier molecular flexibility index (Phi) is 15.1. The number of ether oxygens (including phenoxy) is 1. The molecule has 0 radical (unpaired) electrons. The highest BCUT2D eigenvalue weighted by Crippen LogP contribution is 2.57. The Hall–Kier alpha value is -9.35. The van der Waals surface area contributed by atoms with Gasteiger partial charge in [-0.05, 0) is 199 Å². The number of benzene rings is 11. The van der Waals surface area contributed by atoms with E-state index >= 15 is 0 Å². The second-order valence-corrected chi connectivity index (χ2v) is 29.0. The maximum Gasteiger partial charge on any atom is 0.119 e. The van der Waals surface area contributed by atoms with E-state index < -0.39 is 10.0 Å². The average molecular weight is 1140 g/mol. The normalized spacial score (nSPS) is 14.0.